The van der Waals surface area contributed by atoms with Gasteiger partial charge >= 0.3 is 0 Å². The normalized spacial score (nSPS) is 16.6. The number of aliphatic hydroxyl groups excluding tert-OH is 1. The lowest BCUT2D eigenvalue weighted by Gasteiger charge is -2.40. The molecule has 2 unspecified atom stereocenters. The number of nitrogens with zero attached hydrogens (tertiary/aromatic N) is 3. The van der Waals surface area contributed by atoms with Crippen LogP contribution in [0.2, 0.25) is 10.0 Å². The fourth-order valence-electron chi connectivity index (χ4n) is 7.47. The van der Waals surface area contributed by atoms with E-state index < -0.39 is 29.9 Å². The molecule has 2 atom stereocenters. The SMILES string of the molecule is O=C(/C=C/c1c(Cl)cccc1Cl)NC(Cc1ccccc1)C(O)CN(C(=O)CCN1C(=O)c2ccccc2C1=O)C1CCN(Cc2ccc3c(c2)OCO3)CC1. The van der Waals surface area contributed by atoms with E-state index in [9.17, 15) is 24.3 Å². The lowest BCUT2D eigenvalue weighted by Crippen LogP contribution is -2.54. The number of hydrogen-bond acceptors (Lipinski definition) is 8. The fourth-order valence-corrected chi connectivity index (χ4v) is 8.00. The van der Waals surface area contributed by atoms with Crippen LogP contribution in [0.1, 0.15) is 56.7 Å². The van der Waals surface area contributed by atoms with Gasteiger partial charge in [0.05, 0.1) is 23.3 Å². The summed E-state index contributed by atoms with van der Waals surface area (Å²) in [6.07, 6.45) is 3.11. The molecule has 0 spiro atoms. The molecule has 0 radical (unpaired) electrons. The molecule has 2 N–H and O–H groups in total. The number of carbonyl (C=O) groups is 4. The zero-order valence-electron chi connectivity index (χ0n) is 30.6. The molecule has 290 valence electrons. The largest absolute Gasteiger partial charge is 0.454 e. The number of likely N-dealkylation sites (tertiary alicyclic amines) is 1. The van der Waals surface area contributed by atoms with Gasteiger partial charge < -0.3 is 24.8 Å². The molecular weight excluding hydrogens is 755 g/mol. The molecule has 0 saturated carbocycles. The van der Waals surface area contributed by atoms with Gasteiger partial charge in [0.25, 0.3) is 11.8 Å². The molecule has 7 rings (SSSR count). The highest BCUT2D eigenvalue weighted by molar-refractivity contribution is 6.37. The summed E-state index contributed by atoms with van der Waals surface area (Å²) in [5.41, 5.74) is 3.10. The van der Waals surface area contributed by atoms with Crippen LogP contribution in [0.5, 0.6) is 11.5 Å². The Morgan fingerprint density at radius 1 is 0.857 bits per heavy atom. The summed E-state index contributed by atoms with van der Waals surface area (Å²) in [5, 5.41) is 15.6. The van der Waals surface area contributed by atoms with Crippen LogP contribution in [-0.2, 0) is 22.6 Å². The van der Waals surface area contributed by atoms with E-state index in [1.165, 1.54) is 12.2 Å². The number of nitrogens with one attached hydrogen (secondary N) is 1. The smallest absolute Gasteiger partial charge is 0.261 e. The Hall–Kier alpha value is -5.20. The lowest BCUT2D eigenvalue weighted by atomic mass is 9.97. The first-order valence-corrected chi connectivity index (χ1v) is 19.4. The van der Waals surface area contributed by atoms with Gasteiger partial charge in [0.2, 0.25) is 18.6 Å². The highest BCUT2D eigenvalue weighted by Crippen LogP contribution is 2.33. The molecule has 0 aliphatic carbocycles. The van der Waals surface area contributed by atoms with Crippen molar-refractivity contribution in [2.45, 2.75) is 50.4 Å². The summed E-state index contributed by atoms with van der Waals surface area (Å²) in [7, 11) is 0. The van der Waals surface area contributed by atoms with Gasteiger partial charge in [0.15, 0.2) is 11.5 Å². The summed E-state index contributed by atoms with van der Waals surface area (Å²) in [5.74, 6) is -0.183. The Morgan fingerprint density at radius 3 is 2.21 bits per heavy atom. The van der Waals surface area contributed by atoms with Crippen molar-refractivity contribution in [2.75, 3.05) is 33.0 Å². The van der Waals surface area contributed by atoms with Crippen LogP contribution in [0.4, 0.5) is 0 Å². The Labute approximate surface area is 335 Å². The van der Waals surface area contributed by atoms with E-state index in [1.54, 1.807) is 47.4 Å². The molecular formula is C43H42Cl2N4O7. The zero-order valence-corrected chi connectivity index (χ0v) is 32.1. The van der Waals surface area contributed by atoms with Crippen molar-refractivity contribution in [1.82, 2.24) is 20.0 Å². The van der Waals surface area contributed by atoms with Crippen LogP contribution in [-0.4, -0.2) is 94.6 Å². The van der Waals surface area contributed by atoms with Crippen LogP contribution in [0.3, 0.4) is 0 Å². The zero-order chi connectivity index (χ0) is 39.2. The number of imide groups is 1. The van der Waals surface area contributed by atoms with Crippen LogP contribution in [0.15, 0.2) is 97.1 Å². The monoisotopic (exact) mass is 796 g/mol. The van der Waals surface area contributed by atoms with Crippen molar-refractivity contribution in [3.8, 4) is 11.5 Å². The van der Waals surface area contributed by atoms with Gasteiger partial charge in [0, 0.05) is 66.9 Å². The van der Waals surface area contributed by atoms with Crippen molar-refractivity contribution in [3.05, 3.63) is 135 Å². The maximum atomic E-state index is 14.2. The number of fused-ring (bicyclic) bond motifs is 2. The topological polar surface area (TPSA) is 129 Å². The number of halogens is 2. The Balaban J connectivity index is 1.07. The third kappa shape index (κ3) is 9.08. The molecule has 0 aromatic heterocycles. The van der Waals surface area contributed by atoms with Gasteiger partial charge in [0.1, 0.15) is 0 Å². The molecule has 3 heterocycles. The van der Waals surface area contributed by atoms with E-state index in [1.807, 2.05) is 48.5 Å². The van der Waals surface area contributed by atoms with Crippen molar-refractivity contribution < 1.29 is 33.8 Å². The highest BCUT2D eigenvalue weighted by atomic mass is 35.5. The summed E-state index contributed by atoms with van der Waals surface area (Å²) in [4.78, 5) is 58.9. The molecule has 4 aromatic carbocycles. The Kier molecular flexibility index (Phi) is 12.4. The van der Waals surface area contributed by atoms with E-state index >= 15 is 0 Å². The van der Waals surface area contributed by atoms with Crippen molar-refractivity contribution in [1.29, 1.82) is 0 Å². The van der Waals surface area contributed by atoms with E-state index in [0.717, 1.165) is 27.5 Å². The second-order valence-corrected chi connectivity index (χ2v) is 15.0. The number of rotatable bonds is 14. The summed E-state index contributed by atoms with van der Waals surface area (Å²) < 4.78 is 11.0. The van der Waals surface area contributed by atoms with Gasteiger partial charge in [-0.15, -0.1) is 0 Å². The standard InChI is InChI=1S/C43H42Cl2N4O7/c44-34-11-6-12-35(45)33(34)14-16-40(51)46-36(23-28-7-2-1-3-8-28)37(50)26-49(41(52)19-22-48-42(53)31-9-4-5-10-32(31)43(48)54)30-17-20-47(21-18-30)25-29-13-15-38-39(24-29)56-27-55-38/h1-16,24,30,36-37,50H,17-23,25-27H2,(H,46,51)/b16-14+. The summed E-state index contributed by atoms with van der Waals surface area (Å²) in [6.45, 7) is 2.11. The molecule has 3 aliphatic rings. The van der Waals surface area contributed by atoms with Crippen molar-refractivity contribution >= 4 is 52.9 Å². The van der Waals surface area contributed by atoms with Gasteiger partial charge in [-0.3, -0.25) is 29.0 Å². The maximum Gasteiger partial charge on any atom is 0.261 e. The molecule has 1 fully saturated rings. The highest BCUT2D eigenvalue weighted by Gasteiger charge is 2.37. The number of hydrogen-bond donors (Lipinski definition) is 2. The van der Waals surface area contributed by atoms with Crippen LogP contribution in [0.25, 0.3) is 6.08 Å². The second-order valence-electron chi connectivity index (χ2n) is 14.1. The Morgan fingerprint density at radius 2 is 1.52 bits per heavy atom. The van der Waals surface area contributed by atoms with Crippen molar-refractivity contribution in [3.63, 3.8) is 0 Å². The molecule has 3 aliphatic heterocycles. The molecule has 13 heteroatoms. The number of carbonyl (C=O) groups excluding carboxylic acids is 4. The van der Waals surface area contributed by atoms with E-state index in [4.69, 9.17) is 32.7 Å². The molecule has 4 aromatic rings. The fraction of sp³-hybridized carbons (Fsp3) is 0.302. The summed E-state index contributed by atoms with van der Waals surface area (Å²) >= 11 is 12.6. The quantitative estimate of drug-likeness (QED) is 0.118. The van der Waals surface area contributed by atoms with Gasteiger partial charge in [-0.2, -0.15) is 0 Å². The van der Waals surface area contributed by atoms with E-state index in [2.05, 4.69) is 10.2 Å². The second kappa shape index (κ2) is 17.7. The van der Waals surface area contributed by atoms with E-state index in [0.29, 0.717) is 65.6 Å². The molecule has 56 heavy (non-hydrogen) atoms. The number of aliphatic hydroxyl groups is 1. The summed E-state index contributed by atoms with van der Waals surface area (Å²) in [6, 6.07) is 26.0. The first-order chi connectivity index (χ1) is 27.1. The number of benzene rings is 4. The van der Waals surface area contributed by atoms with Gasteiger partial charge in [-0.05, 0) is 72.9 Å². The van der Waals surface area contributed by atoms with Crippen LogP contribution >= 0.6 is 23.2 Å². The van der Waals surface area contributed by atoms with Gasteiger partial charge in [-0.1, -0.05) is 77.8 Å². The minimum Gasteiger partial charge on any atom is -0.454 e. The number of ether oxygens (including phenoxy) is 2. The number of amides is 4. The van der Waals surface area contributed by atoms with Crippen LogP contribution < -0.4 is 14.8 Å². The minimum absolute atomic E-state index is 0.0778. The third-order valence-electron chi connectivity index (χ3n) is 10.5. The molecule has 1 saturated heterocycles. The molecule has 11 nitrogen and oxygen atoms in total. The van der Waals surface area contributed by atoms with Crippen molar-refractivity contribution in [2.24, 2.45) is 0 Å². The first kappa shape index (κ1) is 39.1. The predicted octanol–water partition coefficient (Wildman–Crippen LogP) is 6.00. The molecule has 0 bridgehead atoms. The Bertz CT molecular complexity index is 2070. The van der Waals surface area contributed by atoms with E-state index in [-0.39, 0.29) is 38.3 Å². The maximum absolute atomic E-state index is 14.2. The average Bonchev–Trinajstić information content (AvgIpc) is 3.77. The first-order valence-electron chi connectivity index (χ1n) is 18.6. The molecule has 4 amide bonds. The number of piperidine rings is 1. The van der Waals surface area contributed by atoms with Gasteiger partial charge in [-0.25, -0.2) is 0 Å². The average molecular weight is 798 g/mol. The predicted molar refractivity (Wildman–Crippen MR) is 213 cm³/mol. The lowest BCUT2D eigenvalue weighted by molar-refractivity contribution is -0.136. The van der Waals surface area contributed by atoms with Crippen LogP contribution in [0, 0.1) is 0 Å². The third-order valence-corrected chi connectivity index (χ3v) is 11.1. The minimum atomic E-state index is -1.17.